The van der Waals surface area contributed by atoms with Crippen LogP contribution in [0, 0.1) is 0 Å². The predicted octanol–water partition coefficient (Wildman–Crippen LogP) is 0.962. The number of rotatable bonds is 5. The molecule has 2 aromatic heterocycles. The highest BCUT2D eigenvalue weighted by molar-refractivity contribution is 5.64. The van der Waals surface area contributed by atoms with Crippen LogP contribution in [0.1, 0.15) is 0 Å². The van der Waals surface area contributed by atoms with Crippen molar-refractivity contribution in [3.8, 4) is 28.7 Å². The molecule has 0 atom stereocenters. The van der Waals surface area contributed by atoms with Crippen LogP contribution in [0.3, 0.4) is 0 Å². The summed E-state index contributed by atoms with van der Waals surface area (Å²) in [4.78, 5) is 4.33. The Morgan fingerprint density at radius 1 is 1.33 bits per heavy atom. The van der Waals surface area contributed by atoms with Crippen LogP contribution >= 0.6 is 0 Å². The number of hydrogen-bond acceptors (Lipinski definition) is 7. The number of aromatic nitrogens is 5. The first kappa shape index (κ1) is 13.3. The largest absolute Gasteiger partial charge is 0.496 e. The highest BCUT2D eigenvalue weighted by atomic mass is 16.5. The third-order valence-electron chi connectivity index (χ3n) is 2.89. The summed E-state index contributed by atoms with van der Waals surface area (Å²) in [5.41, 5.74) is 6.73. The number of benzene rings is 1. The summed E-state index contributed by atoms with van der Waals surface area (Å²) in [5.74, 6) is 1.42. The van der Waals surface area contributed by atoms with E-state index in [2.05, 4.69) is 20.5 Å². The summed E-state index contributed by atoms with van der Waals surface area (Å²) >= 11 is 0. The average molecular weight is 286 g/mol. The molecule has 1 aromatic carbocycles. The van der Waals surface area contributed by atoms with Crippen LogP contribution in [0.5, 0.6) is 5.75 Å². The molecule has 0 aliphatic carbocycles. The normalized spacial score (nSPS) is 10.8. The molecule has 0 saturated heterocycles. The minimum Gasteiger partial charge on any atom is -0.496 e. The Kier molecular flexibility index (Phi) is 3.61. The molecule has 0 aliphatic rings. The van der Waals surface area contributed by atoms with Crippen molar-refractivity contribution >= 4 is 0 Å². The molecule has 0 bridgehead atoms. The van der Waals surface area contributed by atoms with E-state index in [0.29, 0.717) is 36.2 Å². The molecule has 0 radical (unpaired) electrons. The summed E-state index contributed by atoms with van der Waals surface area (Å²) in [5, 5.41) is 11.9. The quantitative estimate of drug-likeness (QED) is 0.744. The Balaban J connectivity index is 1.92. The average Bonchev–Trinajstić information content (AvgIpc) is 3.16. The van der Waals surface area contributed by atoms with E-state index in [1.54, 1.807) is 18.0 Å². The smallest absolute Gasteiger partial charge is 0.280 e. The predicted molar refractivity (Wildman–Crippen MR) is 74.4 cm³/mol. The molecule has 2 N–H and O–H groups in total. The van der Waals surface area contributed by atoms with Gasteiger partial charge in [0.05, 0.1) is 25.4 Å². The van der Waals surface area contributed by atoms with Gasteiger partial charge in [-0.1, -0.05) is 22.5 Å². The molecule has 0 fully saturated rings. The monoisotopic (exact) mass is 286 g/mol. The SMILES string of the molecule is COc1ccccc1-c1noc(-c2cn(CCN)nn2)n1. The van der Waals surface area contributed by atoms with Gasteiger partial charge in [-0.05, 0) is 12.1 Å². The standard InChI is InChI=1S/C13H14N6O2/c1-20-11-5-3-2-4-9(11)12-15-13(21-17-12)10-8-19(7-6-14)18-16-10/h2-5,8H,6-7,14H2,1H3. The second-order valence-corrected chi connectivity index (χ2v) is 4.28. The van der Waals surface area contributed by atoms with Crippen LogP contribution in [-0.2, 0) is 6.54 Å². The zero-order chi connectivity index (χ0) is 14.7. The zero-order valence-electron chi connectivity index (χ0n) is 11.4. The number of ether oxygens (including phenoxy) is 1. The maximum atomic E-state index is 5.47. The zero-order valence-corrected chi connectivity index (χ0v) is 11.4. The second-order valence-electron chi connectivity index (χ2n) is 4.28. The Morgan fingerprint density at radius 2 is 2.19 bits per heavy atom. The van der Waals surface area contributed by atoms with Crippen molar-refractivity contribution in [2.45, 2.75) is 6.54 Å². The van der Waals surface area contributed by atoms with Gasteiger partial charge in [-0.15, -0.1) is 5.10 Å². The van der Waals surface area contributed by atoms with Crippen molar-refractivity contribution in [2.24, 2.45) is 5.73 Å². The van der Waals surface area contributed by atoms with Crippen molar-refractivity contribution < 1.29 is 9.26 Å². The van der Waals surface area contributed by atoms with Gasteiger partial charge in [-0.25, -0.2) is 0 Å². The van der Waals surface area contributed by atoms with Gasteiger partial charge in [0, 0.05) is 6.54 Å². The van der Waals surface area contributed by atoms with E-state index in [1.165, 1.54) is 0 Å². The highest BCUT2D eigenvalue weighted by Gasteiger charge is 2.16. The van der Waals surface area contributed by atoms with E-state index in [9.17, 15) is 0 Å². The number of methoxy groups -OCH3 is 1. The Labute approximate surface area is 120 Å². The van der Waals surface area contributed by atoms with E-state index >= 15 is 0 Å². The summed E-state index contributed by atoms with van der Waals surface area (Å²) in [6.45, 7) is 1.07. The fourth-order valence-electron chi connectivity index (χ4n) is 1.90. The Hall–Kier alpha value is -2.74. The molecular weight excluding hydrogens is 272 g/mol. The van der Waals surface area contributed by atoms with Gasteiger partial charge < -0.3 is 15.0 Å². The number of nitrogens with two attached hydrogens (primary N) is 1. The lowest BCUT2D eigenvalue weighted by Crippen LogP contribution is -2.10. The molecule has 8 nitrogen and oxygen atoms in total. The molecule has 0 saturated carbocycles. The van der Waals surface area contributed by atoms with Gasteiger partial charge in [0.15, 0.2) is 5.69 Å². The Morgan fingerprint density at radius 3 is 3.00 bits per heavy atom. The summed E-state index contributed by atoms with van der Waals surface area (Å²) in [6.07, 6.45) is 1.71. The van der Waals surface area contributed by atoms with E-state index in [4.69, 9.17) is 15.0 Å². The van der Waals surface area contributed by atoms with E-state index in [1.807, 2.05) is 24.3 Å². The van der Waals surface area contributed by atoms with Crippen LogP contribution in [-0.4, -0.2) is 38.8 Å². The Bertz CT molecular complexity index is 736. The van der Waals surface area contributed by atoms with Gasteiger partial charge in [0.2, 0.25) is 5.82 Å². The van der Waals surface area contributed by atoms with Crippen LogP contribution in [0.15, 0.2) is 35.0 Å². The van der Waals surface area contributed by atoms with Gasteiger partial charge in [-0.2, -0.15) is 4.98 Å². The van der Waals surface area contributed by atoms with Gasteiger partial charge in [0.25, 0.3) is 5.89 Å². The van der Waals surface area contributed by atoms with Gasteiger partial charge in [-0.3, -0.25) is 4.68 Å². The van der Waals surface area contributed by atoms with Crippen molar-refractivity contribution in [1.29, 1.82) is 0 Å². The first-order chi connectivity index (χ1) is 10.3. The number of nitrogens with zero attached hydrogens (tertiary/aromatic N) is 5. The fraction of sp³-hybridized carbons (Fsp3) is 0.231. The summed E-state index contributed by atoms with van der Waals surface area (Å²) in [6, 6.07) is 7.45. The molecule has 3 rings (SSSR count). The molecule has 108 valence electrons. The molecule has 0 unspecified atom stereocenters. The van der Waals surface area contributed by atoms with E-state index < -0.39 is 0 Å². The van der Waals surface area contributed by atoms with Crippen molar-refractivity contribution in [3.63, 3.8) is 0 Å². The minimum absolute atomic E-state index is 0.305. The summed E-state index contributed by atoms with van der Waals surface area (Å²) < 4.78 is 12.1. The molecular formula is C13H14N6O2. The fourth-order valence-corrected chi connectivity index (χ4v) is 1.90. The molecule has 0 amide bonds. The molecule has 0 aliphatic heterocycles. The van der Waals surface area contributed by atoms with Gasteiger partial charge >= 0.3 is 0 Å². The van der Waals surface area contributed by atoms with Crippen LogP contribution in [0.25, 0.3) is 23.0 Å². The highest BCUT2D eigenvalue weighted by Crippen LogP contribution is 2.28. The van der Waals surface area contributed by atoms with Crippen LogP contribution in [0.2, 0.25) is 0 Å². The maximum Gasteiger partial charge on any atom is 0.280 e. The third kappa shape index (κ3) is 2.61. The maximum absolute atomic E-state index is 5.47. The molecule has 21 heavy (non-hydrogen) atoms. The van der Waals surface area contributed by atoms with Gasteiger partial charge in [0.1, 0.15) is 5.75 Å². The van der Waals surface area contributed by atoms with Crippen LogP contribution in [0.4, 0.5) is 0 Å². The number of hydrogen-bond donors (Lipinski definition) is 1. The topological polar surface area (TPSA) is 105 Å². The first-order valence-corrected chi connectivity index (χ1v) is 6.39. The molecule has 8 heteroatoms. The van der Waals surface area contributed by atoms with Crippen molar-refractivity contribution in [2.75, 3.05) is 13.7 Å². The lowest BCUT2D eigenvalue weighted by Gasteiger charge is -2.02. The molecule has 0 spiro atoms. The van der Waals surface area contributed by atoms with E-state index in [-0.39, 0.29) is 0 Å². The first-order valence-electron chi connectivity index (χ1n) is 6.39. The lowest BCUT2D eigenvalue weighted by molar-refractivity contribution is 0.413. The lowest BCUT2D eigenvalue weighted by atomic mass is 10.2. The van der Waals surface area contributed by atoms with Crippen molar-refractivity contribution in [3.05, 3.63) is 30.5 Å². The van der Waals surface area contributed by atoms with E-state index in [0.717, 1.165) is 5.56 Å². The van der Waals surface area contributed by atoms with Crippen molar-refractivity contribution in [1.82, 2.24) is 25.1 Å². The third-order valence-corrected chi connectivity index (χ3v) is 2.89. The molecule has 2 heterocycles. The molecule has 3 aromatic rings. The second kappa shape index (κ2) is 5.71. The van der Waals surface area contributed by atoms with Crippen LogP contribution < -0.4 is 10.5 Å². The minimum atomic E-state index is 0.305. The number of para-hydroxylation sites is 1. The summed E-state index contributed by atoms with van der Waals surface area (Å²) in [7, 11) is 1.60.